The van der Waals surface area contributed by atoms with Crippen molar-refractivity contribution < 1.29 is 163 Å². The molecule has 7 unspecified atom stereocenters. The van der Waals surface area contributed by atoms with Gasteiger partial charge >= 0.3 is 50.1 Å². The molecule has 39 nitrogen and oxygen atoms in total. The topological polar surface area (TPSA) is 486 Å². The molecular weight excluding hydrogens is 2090 g/mol. The first kappa shape index (κ1) is 124. The second-order valence-corrected chi connectivity index (χ2v) is 66.4. The number of H-pyrrole nitrogens is 4. The Labute approximate surface area is 880 Å². The number of unbranched alkanes of at least 4 members (excludes halogenated alkanes) is 4. The van der Waals surface area contributed by atoms with Crippen LogP contribution in [0.2, 0.25) is 69.5 Å². The molecule has 47 heteroatoms. The zero-order valence-corrected chi connectivity index (χ0v) is 99.2. The van der Waals surface area contributed by atoms with Gasteiger partial charge in [-0.15, -0.1) is 0 Å². The van der Waals surface area contributed by atoms with Crippen LogP contribution in [0, 0.1) is 10.1 Å². The number of aromatic nitrogens is 8. The molecule has 4 aliphatic heterocycles. The number of carbonyl (C=O) groups is 3. The van der Waals surface area contributed by atoms with E-state index in [4.69, 9.17) is 69.0 Å². The van der Waals surface area contributed by atoms with E-state index in [9.17, 15) is 72.0 Å². The Morgan fingerprint density at radius 3 is 1.11 bits per heavy atom. The SMILES string of the molecule is CCCCCC(=O)CCC(=O)OC1[C@@H](COP(C)(=O)OC2[C@@H](CC)O[C@@H](n3ccc(=O)[nH]c3=O)[C@H]2O[Si](C)(C)C(C)(C)C)O[C@@H](n2ccc(=O)[nH]c2=O)[C@H]1O[Si](C(C)C)(C(C)C)C(C)C.CCCCCc1ccc(C(C)COC(=O)OC2[C@@H](COP(C)(=O)OC3[C@@H](CC)O[C@@H](n4ccc(=O)[nH]c4=O)[C@H]3O[Si](C)(C)C(C)(C)C)O[C@@H](n3ccc(=O)[nH]c3=O)[C@H]2O[Si](C(C)C)(C(C)C)C(C)C)c([N+](=O)[O-])c1.[Y].[Y]. The van der Waals surface area contributed by atoms with Gasteiger partial charge in [-0.3, -0.25) is 95.3 Å². The van der Waals surface area contributed by atoms with Crippen LogP contribution >= 0.6 is 15.2 Å². The average molecular weight is 2240 g/mol. The molecule has 4 fully saturated rings. The molecule has 2 radical (unpaired) electrons. The van der Waals surface area contributed by atoms with Crippen molar-refractivity contribution in [3.05, 3.63) is 172 Å². The van der Waals surface area contributed by atoms with Crippen LogP contribution in [0.4, 0.5) is 10.5 Å². The van der Waals surface area contributed by atoms with Gasteiger partial charge in [0.05, 0.1) is 36.8 Å². The van der Waals surface area contributed by atoms with Gasteiger partial charge in [-0.05, 0) is 107 Å². The predicted molar refractivity (Wildman–Crippen MR) is 535 cm³/mol. The summed E-state index contributed by atoms with van der Waals surface area (Å²) in [6, 6.07) is 9.79. The van der Waals surface area contributed by atoms with Crippen LogP contribution in [-0.4, -0.2) is 201 Å². The number of nitro benzene ring substituents is 1. The number of ketones is 1. The third-order valence-corrected chi connectivity index (χ3v) is 51.7. The molecule has 19 atom stereocenters. The fourth-order valence-electron chi connectivity index (χ4n) is 18.9. The van der Waals surface area contributed by atoms with Crippen molar-refractivity contribution in [3.8, 4) is 0 Å². The molecule has 4 aromatic heterocycles. The quantitative estimate of drug-likeness (QED) is 0.00702. The molecule has 1 aromatic carbocycles. The minimum atomic E-state index is -4.23. The van der Waals surface area contributed by atoms with Crippen LogP contribution in [0.25, 0.3) is 0 Å². The van der Waals surface area contributed by atoms with Crippen LogP contribution in [0.5, 0.6) is 0 Å². The first-order chi connectivity index (χ1) is 64.7. The summed E-state index contributed by atoms with van der Waals surface area (Å²) in [5, 5.41) is 11.7. The molecule has 0 spiro atoms. The maximum Gasteiger partial charge on any atom is 0.508 e. The Bertz CT molecular complexity index is 5550. The van der Waals surface area contributed by atoms with E-state index in [1.165, 1.54) is 70.0 Å². The smallest absolute Gasteiger partial charge is 0.457 e. The van der Waals surface area contributed by atoms with Gasteiger partial charge in [0.15, 0.2) is 53.8 Å². The number of ether oxygens (including phenoxy) is 7. The summed E-state index contributed by atoms with van der Waals surface area (Å²) in [5.74, 6) is -1.40. The van der Waals surface area contributed by atoms with Crippen molar-refractivity contribution in [2.45, 2.75) is 410 Å². The van der Waals surface area contributed by atoms with E-state index in [0.717, 1.165) is 54.7 Å². The minimum absolute atomic E-state index is 0. The number of carbonyl (C=O) groups excluding carboxylic acids is 3. The molecule has 4 aliphatic rings. The van der Waals surface area contributed by atoms with Crippen LogP contribution in [0.15, 0.2) is 106 Å². The van der Waals surface area contributed by atoms with Crippen molar-refractivity contribution in [1.82, 2.24) is 38.2 Å². The fraction of sp³-hybridized carbons (Fsp3) is 0.734. The molecule has 9 rings (SSSR count). The van der Waals surface area contributed by atoms with Gasteiger partial charge in [0.25, 0.3) is 27.9 Å². The van der Waals surface area contributed by atoms with Gasteiger partial charge in [-0.25, -0.2) is 24.0 Å². The molecule has 0 amide bonds. The Balaban J connectivity index is 0.000000429. The van der Waals surface area contributed by atoms with Crippen molar-refractivity contribution in [3.63, 3.8) is 0 Å². The first-order valence-electron chi connectivity index (χ1n) is 48.9. The molecular formula is C94H155N9O30P2Si4Y2. The molecule has 0 aliphatic carbocycles. The van der Waals surface area contributed by atoms with E-state index >= 15 is 0 Å². The van der Waals surface area contributed by atoms with E-state index in [0.29, 0.717) is 31.2 Å². The largest absolute Gasteiger partial charge is 0.508 e. The summed E-state index contributed by atoms with van der Waals surface area (Å²) in [6.45, 7) is 55.8. The normalized spacial score (nSPS) is 24.1. The number of nitrogens with zero attached hydrogens (tertiary/aromatic N) is 5. The number of hydrogen-bond acceptors (Lipinski definition) is 30. The second kappa shape index (κ2) is 52.8. The fourth-order valence-corrected chi connectivity index (χ4v) is 34.9. The first-order valence-corrected chi connectivity index (χ1v) is 63.0. The molecule has 141 heavy (non-hydrogen) atoms. The van der Waals surface area contributed by atoms with E-state index in [-0.39, 0.29) is 140 Å². The van der Waals surface area contributed by atoms with Crippen LogP contribution in [0.1, 0.15) is 272 Å². The third kappa shape index (κ3) is 31.3. The number of benzene rings is 1. The van der Waals surface area contributed by atoms with Crippen molar-refractivity contribution in [2.75, 3.05) is 33.2 Å². The van der Waals surface area contributed by atoms with E-state index in [1.54, 1.807) is 19.1 Å². The van der Waals surface area contributed by atoms with Gasteiger partial charge in [0.1, 0.15) is 61.2 Å². The summed E-state index contributed by atoms with van der Waals surface area (Å²) in [4.78, 5) is 164. The molecule has 0 saturated carbocycles. The number of Topliss-reactive ketones (excluding diaryl/α,β-unsaturated/α-hetero) is 1. The maximum absolute atomic E-state index is 14.9. The Kier molecular flexibility index (Phi) is 46.6. The molecule has 4 saturated heterocycles. The van der Waals surface area contributed by atoms with Crippen molar-refractivity contribution in [2.24, 2.45) is 0 Å². The summed E-state index contributed by atoms with van der Waals surface area (Å²) < 4.78 is 132. The number of esters is 1. The Morgan fingerprint density at radius 2 is 0.787 bits per heavy atom. The summed E-state index contributed by atoms with van der Waals surface area (Å²) in [5.41, 5.74) is -4.38. The van der Waals surface area contributed by atoms with Gasteiger partial charge in [-0.2, -0.15) is 0 Å². The van der Waals surface area contributed by atoms with Gasteiger partial charge in [0.2, 0.25) is 16.6 Å². The molecule has 5 aromatic rings. The van der Waals surface area contributed by atoms with Crippen LogP contribution in [0.3, 0.4) is 0 Å². The number of nitro groups is 1. The number of aromatic amines is 4. The molecule has 4 N–H and O–H groups in total. The standard InChI is InChI=1S/C50H80N5O16PSi2.C44H75N4O14PSi2.2Y/c1-16-18-19-20-34-21-22-35(36(27-34)55(61)62)33(9)28-64-49(60)68-41-38(67-45(53-25-23-39(56)51-47(53)58)43(41)71-74(30(3)4,31(5)6)32(7)8)29-65-72(13,63)69-42-37(17-2)66-46(54-26-24-40(57)52-48(54)59)44(42)70-73(14,15)50(10,11)12;1-15-17-18-19-30(49)20-21-35(52)59-36-32(58-40(47-24-22-33(50)45-42(47)53)38(36)62-65(27(3)4,28(5)6)29(7)8)26-56-63(12,55)60-37-31(16-2)57-41(48-25-23-34(51)46-43(48)54)39(37)61-64(13,14)44(9,10)11;;/h21-27,30-33,37-38,41-46H,16-20,28-29H2,1-15H3,(H,51,56,58)(H,52,57,59);22-25,27-29,31-32,36-41H,15-21,26H2,1-14H3,(H,45,50,53)(H,46,51,54);;/t33?,37-,38-,41?,42?,43+,44+,45-,46-,72?;31-,32-,36?,37?,38+,39+,40-,41-,63?;;/m11../s1. The van der Waals surface area contributed by atoms with Crippen molar-refractivity contribution >= 4 is 72.1 Å². The van der Waals surface area contributed by atoms with Gasteiger partial charge in [0, 0.05) is 158 Å². The number of hydrogen-bond donors (Lipinski definition) is 4. The number of nitrogens with one attached hydrogen (secondary N) is 4. The molecule has 0 bridgehead atoms. The zero-order valence-electron chi connectivity index (χ0n) is 87.8. The summed E-state index contributed by atoms with van der Waals surface area (Å²) >= 11 is 0. The maximum atomic E-state index is 14.9. The predicted octanol–water partition coefficient (Wildman–Crippen LogP) is 16.7. The number of rotatable bonds is 47. The molecule has 8 heterocycles. The van der Waals surface area contributed by atoms with Gasteiger partial charge in [-0.1, -0.05) is 197 Å². The average Bonchev–Trinajstić information content (AvgIpc) is 1.62. The Morgan fingerprint density at radius 1 is 0.454 bits per heavy atom. The second-order valence-electron chi connectivity index (χ2n) is 42.0. The number of aryl methyl sites for hydroxylation is 1. The van der Waals surface area contributed by atoms with Crippen LogP contribution in [-0.2, 0) is 160 Å². The summed E-state index contributed by atoms with van der Waals surface area (Å²) in [7, 11) is -19.5. The van der Waals surface area contributed by atoms with E-state index < -0.39 is 228 Å². The molecule has 788 valence electrons. The van der Waals surface area contributed by atoms with Gasteiger partial charge < -0.3 is 59.9 Å². The van der Waals surface area contributed by atoms with Crippen molar-refractivity contribution in [1.29, 1.82) is 0 Å². The minimum Gasteiger partial charge on any atom is -0.457 e. The monoisotopic (exact) mass is 2240 g/mol. The van der Waals surface area contributed by atoms with Crippen LogP contribution < -0.4 is 45.0 Å². The third-order valence-electron chi connectivity index (χ3n) is 28.1. The Hall–Kier alpha value is -5.19. The summed E-state index contributed by atoms with van der Waals surface area (Å²) in [6.07, 6.45) is -6.94. The zero-order chi connectivity index (χ0) is 104. The van der Waals surface area contributed by atoms with E-state index in [2.05, 4.69) is 89.2 Å². The van der Waals surface area contributed by atoms with E-state index in [1.807, 2.05) is 115 Å².